The van der Waals surface area contributed by atoms with Gasteiger partial charge in [0, 0.05) is 0 Å². The second-order valence-corrected chi connectivity index (χ2v) is 0. The molecule has 0 aromatic carbocycles. The van der Waals surface area contributed by atoms with Crippen molar-refractivity contribution in [3.05, 3.63) is 0 Å². The summed E-state index contributed by atoms with van der Waals surface area (Å²) in [6, 6.07) is 0. The smallest absolute Gasteiger partial charge is 1.00 e. The average molecular weight is 1270 g/mol. The molecule has 0 rings (SSSR count). The molecule has 0 saturated heterocycles. The molecule has 0 aromatic heterocycles. The minimum atomic E-state index is 0. The summed E-state index contributed by atoms with van der Waals surface area (Å²) in [7, 11) is 0. The summed E-state index contributed by atoms with van der Waals surface area (Å²) in [4.78, 5) is 0. The first kappa shape index (κ1) is 249. The van der Waals surface area contributed by atoms with E-state index in [2.05, 4.69) is 0 Å². The topological polar surface area (TPSA) is 158 Å². The van der Waals surface area contributed by atoms with Crippen molar-refractivity contribution in [3.8, 4) is 0 Å². The maximum absolute atomic E-state index is 0. The van der Waals surface area contributed by atoms with Gasteiger partial charge in [-0.15, -0.1) is 0 Å². The Balaban J connectivity index is 0. The van der Waals surface area contributed by atoms with E-state index in [1.807, 2.05) is 0 Å². The van der Waals surface area contributed by atoms with Crippen LogP contribution in [-0.4, -0.2) is 1080 Å². The summed E-state index contributed by atoms with van der Waals surface area (Å²) in [6.45, 7) is 0. The Morgan fingerprint density at radius 3 is 0.0909 bits per heavy atom. The molecule has 0 aliphatic carbocycles. The first-order valence-corrected chi connectivity index (χ1v) is 0. The summed E-state index contributed by atoms with van der Waals surface area (Å²) < 4.78 is 0. The van der Waals surface area contributed by atoms with Crippen molar-refractivity contribution < 1.29 is 107 Å². The van der Waals surface area contributed by atoms with Gasteiger partial charge in [0.2, 0.25) is 0 Å². The van der Waals surface area contributed by atoms with Gasteiger partial charge in [0.05, 0.1) is 0 Å². The maximum Gasteiger partial charge on any atom is 2.00 e. The van der Waals surface area contributed by atoms with Gasteiger partial charge in [0.25, 0.3) is 0 Å². The van der Waals surface area contributed by atoms with E-state index in [9.17, 15) is 0 Å². The second-order valence-electron chi connectivity index (χ2n) is 0. The van der Waals surface area contributed by atoms with Crippen LogP contribution in [0.3, 0.4) is 0 Å². The fourth-order valence-electron chi connectivity index (χ4n) is 0. The molecule has 0 aliphatic heterocycles. The largest absolute Gasteiger partial charge is 2.00 e. The summed E-state index contributed by atoms with van der Waals surface area (Å²) in [6.07, 6.45) is 0. The molecule has 0 heterocycles. The Bertz CT molecular complexity index is 105. The Morgan fingerprint density at radius 2 is 0.0909 bits per heavy atom. The van der Waals surface area contributed by atoms with Crippen LogP contribution in [0.25, 0.3) is 0 Å². The number of rotatable bonds is 0. The zero-order valence-electron chi connectivity index (χ0n) is 78.3. The maximum atomic E-state index is 0. The molecule has 0 saturated carbocycles. The van der Waals surface area contributed by atoms with Crippen LogP contribution in [0.15, 0.2) is 0 Å². The van der Waals surface area contributed by atoms with Crippen molar-refractivity contribution in [2.45, 2.75) is 0 Å². The Hall–Kier alpha value is 35.1. The third-order valence-corrected chi connectivity index (χ3v) is 0. The zero-order valence-corrected chi connectivity index (χ0v) is 84.1. The standard InChI is InChI=1S/28Ca.5H2O.56H/h;;;;;;;;;;;;;;;;;;;;;;;;;;;;5*1H2;;;;;;;;;;;;;;;;;;;;;;;;;;;;;;;;;;;;;;;;;;;;;;;;;;;;;;;;/q28*+2;;;;;;56*-1. The van der Waals surface area contributed by atoms with Crippen LogP contribution in [0.2, 0.25) is 0 Å². The molecule has 10 N–H and O–H groups in total. The molecule has 33 heteroatoms. The van der Waals surface area contributed by atoms with Crippen molar-refractivity contribution >= 4 is 1060 Å². The summed E-state index contributed by atoms with van der Waals surface area (Å²) in [5, 5.41) is 0. The van der Waals surface area contributed by atoms with Gasteiger partial charge in [0.1, 0.15) is 0 Å². The van der Waals surface area contributed by atoms with Crippen LogP contribution in [0.5, 0.6) is 0 Å². The second kappa shape index (κ2) is 238. The molecule has 0 fully saturated rings. The van der Waals surface area contributed by atoms with Crippen molar-refractivity contribution in [3.63, 3.8) is 0 Å². The van der Waals surface area contributed by atoms with E-state index < -0.39 is 0 Å². The molecule has 0 unspecified atom stereocenters. The molecule has 0 aromatic rings. The zero-order chi connectivity index (χ0) is 0. The van der Waals surface area contributed by atoms with Gasteiger partial charge in [-0.05, 0) is 0 Å². The minimum Gasteiger partial charge on any atom is -1.00 e. The van der Waals surface area contributed by atoms with Crippen molar-refractivity contribution in [1.82, 2.24) is 0 Å². The van der Waals surface area contributed by atoms with E-state index >= 15 is 0 Å². The molecule has 0 aliphatic rings. The Kier molecular flexibility index (Phi) is 1800. The minimum absolute atomic E-state index is 0. The van der Waals surface area contributed by atoms with Gasteiger partial charge >= 0.3 is 1060 Å². The van der Waals surface area contributed by atoms with E-state index in [1.54, 1.807) is 0 Å². The Labute approximate surface area is 1120 Å². The monoisotopic (exact) mass is 1270 g/mol. The number of hydrogen-bond donors (Lipinski definition) is 0. The van der Waals surface area contributed by atoms with E-state index in [1.165, 1.54) is 0 Å². The van der Waals surface area contributed by atoms with Crippen LogP contribution in [0.1, 0.15) is 79.9 Å². The normalized spacial score (nSPS) is 0. The number of hydrogen-bond acceptors (Lipinski definition) is 0. The SMILES string of the molecule is O.O.O.O.O.[Ca+2].[Ca+2].[Ca+2].[Ca+2].[Ca+2].[Ca+2].[Ca+2].[Ca+2].[Ca+2].[Ca+2].[Ca+2].[Ca+2].[Ca+2].[Ca+2].[Ca+2].[Ca+2].[Ca+2].[Ca+2].[Ca+2].[Ca+2].[Ca+2].[Ca+2].[Ca+2].[Ca+2].[Ca+2].[Ca+2].[Ca+2].[Ca+2].[H-].[H-].[H-].[H-].[H-].[H-].[H-].[H-].[H-].[H-].[H-].[H-].[H-].[H-].[H-].[H-].[H-].[H-].[H-].[H-].[H-].[H-].[H-].[H-].[H-].[H-].[H-].[H-].[H-].[H-].[H-].[H-].[H-].[H-].[H-].[H-].[H-].[H-].[H-].[H-].[H-].[H-].[H-].[H-].[H-].[H-].[H-].[H-].[H-].[H-].[H-].[H-].[H-].[H-].[H-].[H-]. The molecule has 0 atom stereocenters. The van der Waals surface area contributed by atoms with Crippen LogP contribution < -0.4 is 0 Å². The molecular weight excluding hydrogens is 1200 g/mol. The molecule has 5 nitrogen and oxygen atoms in total. The van der Waals surface area contributed by atoms with E-state index in [4.69, 9.17) is 0 Å². The third kappa shape index (κ3) is 231. The molecule has 0 spiro atoms. The molecule has 0 amide bonds. The average Bonchev–Trinajstić information content (AvgIpc) is 0. The predicted octanol–water partition coefficient (Wildman–Crippen LogP) is -8.49. The third-order valence-electron chi connectivity index (χ3n) is 0. The molecular formula is H66Ca28O5. The van der Waals surface area contributed by atoms with Gasteiger partial charge in [-0.1, -0.05) is 0 Å². The quantitative estimate of drug-likeness (QED) is 0.212. The fourth-order valence-corrected chi connectivity index (χ4v) is 0. The van der Waals surface area contributed by atoms with Crippen LogP contribution >= 0.6 is 0 Å². The predicted molar refractivity (Wildman–Crippen MR) is 241 cm³/mol. The molecule has 0 bridgehead atoms. The van der Waals surface area contributed by atoms with Crippen LogP contribution in [-0.2, 0) is 0 Å². The van der Waals surface area contributed by atoms with Gasteiger partial charge in [-0.25, -0.2) is 0 Å². The summed E-state index contributed by atoms with van der Waals surface area (Å²) >= 11 is 0. The van der Waals surface area contributed by atoms with Crippen LogP contribution in [0.4, 0.5) is 0 Å². The summed E-state index contributed by atoms with van der Waals surface area (Å²) in [5.74, 6) is 0. The summed E-state index contributed by atoms with van der Waals surface area (Å²) in [5.41, 5.74) is 0. The van der Waals surface area contributed by atoms with Gasteiger partial charge < -0.3 is 107 Å². The first-order valence-electron chi connectivity index (χ1n) is 0. The van der Waals surface area contributed by atoms with E-state index in [0.717, 1.165) is 0 Å². The van der Waals surface area contributed by atoms with Crippen molar-refractivity contribution in [1.29, 1.82) is 0 Å². The van der Waals surface area contributed by atoms with E-state index in [0.29, 0.717) is 0 Å². The van der Waals surface area contributed by atoms with Gasteiger partial charge in [0.15, 0.2) is 0 Å². The molecule has 0 radical (unpaired) electrons. The van der Waals surface area contributed by atoms with Gasteiger partial charge in [-0.2, -0.15) is 0 Å². The first-order chi connectivity index (χ1) is 0. The van der Waals surface area contributed by atoms with Crippen molar-refractivity contribution in [2.75, 3.05) is 0 Å². The molecule has 152 valence electrons. The molecule has 33 heavy (non-hydrogen) atoms. The Morgan fingerprint density at radius 1 is 0.0909 bits per heavy atom. The van der Waals surface area contributed by atoms with Crippen molar-refractivity contribution in [2.24, 2.45) is 0 Å². The van der Waals surface area contributed by atoms with Gasteiger partial charge in [-0.3, -0.25) is 0 Å². The fraction of sp³-hybridized carbons (Fsp3) is 0. The van der Waals surface area contributed by atoms with E-state index in [-0.39, 0.29) is 1160 Å². The van der Waals surface area contributed by atoms with Crippen LogP contribution in [0, 0.1) is 0 Å².